The molecule has 1 aliphatic rings. The Labute approximate surface area is 110 Å². The maximum Gasteiger partial charge on any atom is 0.253 e. The first kappa shape index (κ1) is 16.7. The van der Waals surface area contributed by atoms with Gasteiger partial charge in [-0.15, -0.1) is 12.4 Å². The Morgan fingerprint density at radius 1 is 1.53 bits per heavy atom. The summed E-state index contributed by atoms with van der Waals surface area (Å²) in [7, 11) is 1.55. The smallest absolute Gasteiger partial charge is 0.253 e. The van der Waals surface area contributed by atoms with Crippen molar-refractivity contribution in [2.75, 3.05) is 20.2 Å². The fourth-order valence-electron chi connectivity index (χ4n) is 2.41. The predicted octanol–water partition coefficient (Wildman–Crippen LogP) is 1.56. The van der Waals surface area contributed by atoms with Gasteiger partial charge in [-0.3, -0.25) is 4.79 Å². The molecule has 0 aliphatic carbocycles. The van der Waals surface area contributed by atoms with Crippen LogP contribution in [0.5, 0.6) is 0 Å². The van der Waals surface area contributed by atoms with E-state index in [4.69, 9.17) is 10.5 Å². The second-order valence-electron chi connectivity index (χ2n) is 4.43. The fraction of sp³-hybridized carbons (Fsp3) is 0.917. The lowest BCUT2D eigenvalue weighted by molar-refractivity contribution is -0.145. The number of carbonyl (C=O) groups excluding carboxylic acids is 1. The highest BCUT2D eigenvalue weighted by molar-refractivity contribution is 5.85. The monoisotopic (exact) mass is 264 g/mol. The molecule has 17 heavy (non-hydrogen) atoms. The summed E-state index contributed by atoms with van der Waals surface area (Å²) in [4.78, 5) is 14.1. The molecule has 1 saturated heterocycles. The fourth-order valence-corrected chi connectivity index (χ4v) is 2.41. The number of nitrogens with two attached hydrogens (primary N) is 1. The highest BCUT2D eigenvalue weighted by atomic mass is 35.5. The van der Waals surface area contributed by atoms with E-state index >= 15 is 0 Å². The molecule has 0 aromatic carbocycles. The first-order chi connectivity index (χ1) is 7.74. The minimum atomic E-state index is -0.461. The van der Waals surface area contributed by atoms with Crippen molar-refractivity contribution in [3.05, 3.63) is 0 Å². The number of hydrogen-bond acceptors (Lipinski definition) is 3. The van der Waals surface area contributed by atoms with Crippen molar-refractivity contribution >= 4 is 18.3 Å². The van der Waals surface area contributed by atoms with E-state index in [9.17, 15) is 4.79 Å². The first-order valence-electron chi connectivity index (χ1n) is 6.27. The summed E-state index contributed by atoms with van der Waals surface area (Å²) in [5.74, 6) is 0.0724. The molecule has 1 aliphatic heterocycles. The molecule has 102 valence electrons. The highest BCUT2D eigenvalue weighted by Gasteiger charge is 2.30. The number of halogens is 1. The second-order valence-corrected chi connectivity index (χ2v) is 4.43. The first-order valence-corrected chi connectivity index (χ1v) is 6.27. The van der Waals surface area contributed by atoms with Crippen LogP contribution in [0, 0.1) is 0 Å². The van der Waals surface area contributed by atoms with Gasteiger partial charge in [0, 0.05) is 26.2 Å². The van der Waals surface area contributed by atoms with Gasteiger partial charge in [0.1, 0.15) is 6.10 Å². The normalized spacial score (nSPS) is 21.8. The number of amides is 1. The molecular formula is C12H25ClN2O2. The second kappa shape index (κ2) is 8.72. The van der Waals surface area contributed by atoms with Crippen LogP contribution in [0.15, 0.2) is 0 Å². The van der Waals surface area contributed by atoms with Gasteiger partial charge in [0.2, 0.25) is 0 Å². The Bertz CT molecular complexity index is 221. The number of hydrogen-bond donors (Lipinski definition) is 1. The third-order valence-electron chi connectivity index (χ3n) is 3.31. The lowest BCUT2D eigenvalue weighted by Crippen LogP contribution is -2.50. The summed E-state index contributed by atoms with van der Waals surface area (Å²) >= 11 is 0. The van der Waals surface area contributed by atoms with Gasteiger partial charge < -0.3 is 15.4 Å². The Morgan fingerprint density at radius 2 is 2.24 bits per heavy atom. The van der Waals surface area contributed by atoms with Crippen molar-refractivity contribution in [3.63, 3.8) is 0 Å². The molecule has 2 unspecified atom stereocenters. The Balaban J connectivity index is 0.00000256. The maximum atomic E-state index is 12.2. The van der Waals surface area contributed by atoms with Gasteiger partial charge in [-0.2, -0.15) is 0 Å². The predicted molar refractivity (Wildman–Crippen MR) is 71.4 cm³/mol. The zero-order valence-corrected chi connectivity index (χ0v) is 11.7. The highest BCUT2D eigenvalue weighted by Crippen LogP contribution is 2.21. The molecule has 4 nitrogen and oxygen atoms in total. The van der Waals surface area contributed by atoms with E-state index in [0.717, 1.165) is 32.2 Å². The van der Waals surface area contributed by atoms with Gasteiger partial charge in [0.15, 0.2) is 0 Å². The minimum absolute atomic E-state index is 0. The Morgan fingerprint density at radius 3 is 2.76 bits per heavy atom. The van der Waals surface area contributed by atoms with Gasteiger partial charge in [0.05, 0.1) is 0 Å². The molecule has 1 amide bonds. The van der Waals surface area contributed by atoms with Crippen molar-refractivity contribution in [1.29, 1.82) is 0 Å². The maximum absolute atomic E-state index is 12.2. The summed E-state index contributed by atoms with van der Waals surface area (Å²) in [6, 6.07) is 0.399. The number of carbonyl (C=O) groups is 1. The quantitative estimate of drug-likeness (QED) is 0.820. The van der Waals surface area contributed by atoms with Crippen molar-refractivity contribution < 1.29 is 9.53 Å². The molecular weight excluding hydrogens is 240 g/mol. The van der Waals surface area contributed by atoms with E-state index in [-0.39, 0.29) is 24.9 Å². The Kier molecular flexibility index (Phi) is 8.56. The van der Waals surface area contributed by atoms with Gasteiger partial charge in [-0.1, -0.05) is 13.3 Å². The minimum Gasteiger partial charge on any atom is -0.370 e. The topological polar surface area (TPSA) is 55.6 Å². The molecule has 0 aromatic heterocycles. The number of likely N-dealkylation sites (tertiary alicyclic amines) is 1. The number of piperidine rings is 1. The molecule has 0 saturated carbocycles. The van der Waals surface area contributed by atoms with E-state index in [1.165, 1.54) is 6.42 Å². The number of ether oxygens (including phenoxy) is 1. The molecule has 0 radical (unpaired) electrons. The molecule has 0 bridgehead atoms. The lowest BCUT2D eigenvalue weighted by Gasteiger charge is -2.37. The van der Waals surface area contributed by atoms with Crippen molar-refractivity contribution in [2.45, 2.75) is 51.2 Å². The number of nitrogens with zero attached hydrogens (tertiary/aromatic N) is 1. The van der Waals surface area contributed by atoms with Crippen molar-refractivity contribution in [1.82, 2.24) is 4.90 Å². The van der Waals surface area contributed by atoms with Crippen LogP contribution in [-0.4, -0.2) is 43.2 Å². The average molecular weight is 265 g/mol. The van der Waals surface area contributed by atoms with E-state index in [2.05, 4.69) is 6.92 Å². The molecule has 0 spiro atoms. The van der Waals surface area contributed by atoms with Crippen LogP contribution in [0.4, 0.5) is 0 Å². The van der Waals surface area contributed by atoms with Gasteiger partial charge in [-0.25, -0.2) is 0 Å². The summed E-state index contributed by atoms with van der Waals surface area (Å²) in [6.07, 6.45) is 5.21. The van der Waals surface area contributed by atoms with Gasteiger partial charge in [-0.05, 0) is 25.7 Å². The van der Waals surface area contributed by atoms with Crippen LogP contribution in [0.2, 0.25) is 0 Å². The van der Waals surface area contributed by atoms with Crippen LogP contribution in [-0.2, 0) is 9.53 Å². The van der Waals surface area contributed by atoms with E-state index in [1.807, 2.05) is 4.90 Å². The SMILES string of the molecule is CCCC1CCCCN1C(=O)C(CN)OC.Cl. The summed E-state index contributed by atoms with van der Waals surface area (Å²) in [5, 5.41) is 0. The van der Waals surface area contributed by atoms with Gasteiger partial charge in [0.25, 0.3) is 5.91 Å². The van der Waals surface area contributed by atoms with Crippen molar-refractivity contribution in [2.24, 2.45) is 5.73 Å². The zero-order chi connectivity index (χ0) is 12.0. The summed E-state index contributed by atoms with van der Waals surface area (Å²) in [5.41, 5.74) is 5.54. The standard InChI is InChI=1S/C12H24N2O2.ClH/c1-3-6-10-7-4-5-8-14(10)12(15)11(9-13)16-2;/h10-11H,3-9,13H2,1-2H3;1H. The van der Waals surface area contributed by atoms with Crippen LogP contribution in [0.3, 0.4) is 0 Å². The molecule has 1 fully saturated rings. The van der Waals surface area contributed by atoms with Gasteiger partial charge >= 0.3 is 0 Å². The summed E-state index contributed by atoms with van der Waals surface area (Å²) < 4.78 is 5.12. The molecule has 2 N–H and O–H groups in total. The molecule has 2 atom stereocenters. The zero-order valence-electron chi connectivity index (χ0n) is 10.9. The average Bonchev–Trinajstić information content (AvgIpc) is 2.31. The van der Waals surface area contributed by atoms with Crippen LogP contribution < -0.4 is 5.73 Å². The van der Waals surface area contributed by atoms with E-state index in [1.54, 1.807) is 7.11 Å². The van der Waals surface area contributed by atoms with Crippen molar-refractivity contribution in [3.8, 4) is 0 Å². The number of rotatable bonds is 5. The molecule has 0 aromatic rings. The summed E-state index contributed by atoms with van der Waals surface area (Å²) in [6.45, 7) is 3.29. The van der Waals surface area contributed by atoms with Crippen LogP contribution in [0.25, 0.3) is 0 Å². The largest absolute Gasteiger partial charge is 0.370 e. The van der Waals surface area contributed by atoms with Crippen LogP contribution in [0.1, 0.15) is 39.0 Å². The van der Waals surface area contributed by atoms with E-state index < -0.39 is 6.10 Å². The molecule has 1 heterocycles. The van der Waals surface area contributed by atoms with Crippen LogP contribution >= 0.6 is 12.4 Å². The third kappa shape index (κ3) is 4.45. The molecule has 5 heteroatoms. The number of methoxy groups -OCH3 is 1. The third-order valence-corrected chi connectivity index (χ3v) is 3.31. The molecule has 1 rings (SSSR count). The van der Waals surface area contributed by atoms with E-state index in [0.29, 0.717) is 6.04 Å². The lowest BCUT2D eigenvalue weighted by atomic mass is 9.97. The Hall–Kier alpha value is -0.320.